The van der Waals surface area contributed by atoms with Gasteiger partial charge in [-0.2, -0.15) is 0 Å². The summed E-state index contributed by atoms with van der Waals surface area (Å²) in [6.45, 7) is 1.67. The molecule has 0 unspecified atom stereocenters. The maximum atomic E-state index is 12.1. The topological polar surface area (TPSA) is 126 Å². The Kier molecular flexibility index (Phi) is 7.84. The number of anilines is 3. The van der Waals surface area contributed by atoms with Crippen LogP contribution in [0, 0.1) is 0 Å². The zero-order valence-electron chi connectivity index (χ0n) is 16.2. The van der Waals surface area contributed by atoms with Gasteiger partial charge >= 0.3 is 6.03 Å². The molecule has 3 amide bonds. The Hall–Kier alpha value is -3.27. The molecule has 0 fully saturated rings. The van der Waals surface area contributed by atoms with E-state index in [1.54, 1.807) is 30.3 Å². The van der Waals surface area contributed by atoms with E-state index >= 15 is 0 Å². The van der Waals surface area contributed by atoms with E-state index in [4.69, 9.17) is 4.74 Å². The number of sulfonamides is 1. The van der Waals surface area contributed by atoms with Crippen molar-refractivity contribution in [1.82, 2.24) is 5.32 Å². The summed E-state index contributed by atoms with van der Waals surface area (Å²) in [6.07, 6.45) is 0.0642. The molecule has 2 aromatic carbocycles. The summed E-state index contributed by atoms with van der Waals surface area (Å²) in [5, 5.41) is 7.93. The lowest BCUT2D eigenvalue weighted by Crippen LogP contribution is -2.31. The van der Waals surface area contributed by atoms with Crippen LogP contribution in [0.3, 0.4) is 0 Å². The molecule has 0 saturated carbocycles. The fraction of sp³-hybridized carbons (Fsp3) is 0.263. The third-order valence-electron chi connectivity index (χ3n) is 3.80. The Labute approximate surface area is 169 Å². The molecule has 0 aliphatic rings. The average Bonchev–Trinajstić information content (AvgIpc) is 2.69. The van der Waals surface area contributed by atoms with E-state index in [0.717, 1.165) is 0 Å². The smallest absolute Gasteiger partial charge is 0.319 e. The highest BCUT2D eigenvalue weighted by molar-refractivity contribution is 7.92. The standard InChI is InChI=1S/C19H24N4O5S/c1-3-29(26,27)23-16-10-9-15(13-17(16)28-2)21-18(24)11-12-20-19(25)22-14-7-5-4-6-8-14/h4-10,13,23H,3,11-12H2,1-2H3,(H,21,24)(H2,20,22,25). The number of amides is 3. The molecular weight excluding hydrogens is 396 g/mol. The van der Waals surface area contributed by atoms with Crippen LogP contribution in [0.1, 0.15) is 13.3 Å². The van der Waals surface area contributed by atoms with Crippen molar-refractivity contribution in [3.63, 3.8) is 0 Å². The van der Waals surface area contributed by atoms with Crippen LogP contribution in [0.4, 0.5) is 21.9 Å². The minimum atomic E-state index is -3.45. The number of hydrogen-bond acceptors (Lipinski definition) is 5. The van der Waals surface area contributed by atoms with E-state index in [-0.39, 0.29) is 36.1 Å². The van der Waals surface area contributed by atoms with Gasteiger partial charge in [-0.3, -0.25) is 9.52 Å². The minimum Gasteiger partial charge on any atom is -0.494 e. The van der Waals surface area contributed by atoms with Gasteiger partial charge in [0.15, 0.2) is 0 Å². The summed E-state index contributed by atoms with van der Waals surface area (Å²) < 4.78 is 31.0. The van der Waals surface area contributed by atoms with Crippen LogP contribution in [0.15, 0.2) is 48.5 Å². The van der Waals surface area contributed by atoms with Crippen molar-refractivity contribution in [3.05, 3.63) is 48.5 Å². The molecule has 0 aliphatic carbocycles. The number of carbonyl (C=O) groups excluding carboxylic acids is 2. The van der Waals surface area contributed by atoms with Crippen molar-refractivity contribution in [1.29, 1.82) is 0 Å². The molecule has 0 bridgehead atoms. The highest BCUT2D eigenvalue weighted by atomic mass is 32.2. The van der Waals surface area contributed by atoms with Crippen molar-refractivity contribution in [2.75, 3.05) is 34.8 Å². The van der Waals surface area contributed by atoms with Gasteiger partial charge in [0.2, 0.25) is 15.9 Å². The van der Waals surface area contributed by atoms with Gasteiger partial charge in [-0.05, 0) is 31.2 Å². The number of benzene rings is 2. The van der Waals surface area contributed by atoms with Gasteiger partial charge in [0.25, 0.3) is 0 Å². The number of para-hydroxylation sites is 1. The zero-order chi connectivity index (χ0) is 21.3. The quantitative estimate of drug-likeness (QED) is 0.496. The molecule has 0 saturated heterocycles. The van der Waals surface area contributed by atoms with Crippen molar-refractivity contribution >= 4 is 39.0 Å². The van der Waals surface area contributed by atoms with Gasteiger partial charge in [-0.1, -0.05) is 18.2 Å². The number of ether oxygens (including phenoxy) is 1. The molecule has 0 atom stereocenters. The number of carbonyl (C=O) groups is 2. The molecule has 2 aromatic rings. The second-order valence-electron chi connectivity index (χ2n) is 5.97. The fourth-order valence-electron chi connectivity index (χ4n) is 2.30. The summed E-state index contributed by atoms with van der Waals surface area (Å²) in [6, 6.07) is 13.1. The summed E-state index contributed by atoms with van der Waals surface area (Å²) >= 11 is 0. The molecule has 0 spiro atoms. The summed E-state index contributed by atoms with van der Waals surface area (Å²) in [7, 11) is -2.04. The second kappa shape index (κ2) is 10.3. The molecule has 29 heavy (non-hydrogen) atoms. The number of urea groups is 1. The van der Waals surface area contributed by atoms with Crippen molar-refractivity contribution in [2.24, 2.45) is 0 Å². The van der Waals surface area contributed by atoms with E-state index in [9.17, 15) is 18.0 Å². The van der Waals surface area contributed by atoms with E-state index in [0.29, 0.717) is 11.4 Å². The molecule has 0 heterocycles. The highest BCUT2D eigenvalue weighted by Crippen LogP contribution is 2.28. The van der Waals surface area contributed by atoms with Crippen LogP contribution >= 0.6 is 0 Å². The Morgan fingerprint density at radius 3 is 2.38 bits per heavy atom. The largest absolute Gasteiger partial charge is 0.494 e. The van der Waals surface area contributed by atoms with Gasteiger partial charge in [-0.25, -0.2) is 13.2 Å². The Balaban J connectivity index is 1.84. The Bertz CT molecular complexity index is 948. The first-order chi connectivity index (χ1) is 13.8. The Morgan fingerprint density at radius 2 is 1.72 bits per heavy atom. The minimum absolute atomic E-state index is 0.0642. The third-order valence-corrected chi connectivity index (χ3v) is 5.09. The van der Waals surface area contributed by atoms with Crippen molar-refractivity contribution in [2.45, 2.75) is 13.3 Å². The first-order valence-electron chi connectivity index (χ1n) is 8.91. The Morgan fingerprint density at radius 1 is 1.00 bits per heavy atom. The summed E-state index contributed by atoms with van der Waals surface area (Å²) in [4.78, 5) is 23.9. The van der Waals surface area contributed by atoms with E-state index in [1.807, 2.05) is 6.07 Å². The molecule has 2 rings (SSSR count). The van der Waals surface area contributed by atoms with Crippen LogP contribution in [-0.2, 0) is 14.8 Å². The first kappa shape index (κ1) is 22.0. The zero-order valence-corrected chi connectivity index (χ0v) is 17.0. The van der Waals surface area contributed by atoms with Gasteiger partial charge < -0.3 is 20.7 Å². The SMILES string of the molecule is CCS(=O)(=O)Nc1ccc(NC(=O)CCNC(=O)Nc2ccccc2)cc1OC. The lowest BCUT2D eigenvalue weighted by atomic mass is 10.2. The number of nitrogens with one attached hydrogen (secondary N) is 4. The van der Waals surface area contributed by atoms with Gasteiger partial charge in [0.05, 0.1) is 18.6 Å². The number of rotatable bonds is 9. The van der Waals surface area contributed by atoms with E-state index < -0.39 is 16.1 Å². The maximum Gasteiger partial charge on any atom is 0.319 e. The molecule has 10 heteroatoms. The van der Waals surface area contributed by atoms with Crippen LogP contribution in [0.25, 0.3) is 0 Å². The monoisotopic (exact) mass is 420 g/mol. The van der Waals surface area contributed by atoms with E-state index in [2.05, 4.69) is 20.7 Å². The van der Waals surface area contributed by atoms with Crippen LogP contribution in [0.5, 0.6) is 5.75 Å². The predicted octanol–water partition coefficient (Wildman–Crippen LogP) is 2.61. The lowest BCUT2D eigenvalue weighted by Gasteiger charge is -2.13. The number of methoxy groups -OCH3 is 1. The maximum absolute atomic E-state index is 12.1. The molecule has 0 aliphatic heterocycles. The first-order valence-corrected chi connectivity index (χ1v) is 10.6. The van der Waals surface area contributed by atoms with Gasteiger partial charge in [-0.15, -0.1) is 0 Å². The molecule has 0 aromatic heterocycles. The molecule has 4 N–H and O–H groups in total. The van der Waals surface area contributed by atoms with Crippen molar-refractivity contribution in [3.8, 4) is 5.75 Å². The molecule has 9 nitrogen and oxygen atoms in total. The highest BCUT2D eigenvalue weighted by Gasteiger charge is 2.13. The average molecular weight is 420 g/mol. The van der Waals surface area contributed by atoms with Gasteiger partial charge in [0, 0.05) is 30.4 Å². The van der Waals surface area contributed by atoms with Crippen molar-refractivity contribution < 1.29 is 22.7 Å². The van der Waals surface area contributed by atoms with Gasteiger partial charge in [0.1, 0.15) is 5.75 Å². The van der Waals surface area contributed by atoms with Crippen LogP contribution in [0.2, 0.25) is 0 Å². The van der Waals surface area contributed by atoms with E-state index in [1.165, 1.54) is 26.2 Å². The molecule has 0 radical (unpaired) electrons. The number of hydrogen-bond donors (Lipinski definition) is 4. The molecule has 156 valence electrons. The fourth-order valence-corrected chi connectivity index (χ4v) is 2.95. The predicted molar refractivity (Wildman–Crippen MR) is 113 cm³/mol. The second-order valence-corrected chi connectivity index (χ2v) is 7.98. The van der Waals surface area contributed by atoms with Crippen LogP contribution in [-0.4, -0.2) is 39.8 Å². The van der Waals surface area contributed by atoms with Crippen LogP contribution < -0.4 is 25.4 Å². The summed E-state index contributed by atoms with van der Waals surface area (Å²) in [5.41, 5.74) is 1.38. The lowest BCUT2D eigenvalue weighted by molar-refractivity contribution is -0.116. The third kappa shape index (κ3) is 7.34. The molecular formula is C19H24N4O5S. The summed E-state index contributed by atoms with van der Waals surface area (Å²) in [5.74, 6) is -0.103. The normalized spacial score (nSPS) is 10.7.